The standard InChI is InChI=1S/C10H16ClN3O2/c1-7-12-8(11)5-9(13-7)14(2)6-10(15-3)16-4/h5,10H,6H2,1-4H3. The molecule has 0 spiro atoms. The molecule has 0 saturated heterocycles. The fourth-order valence-electron chi connectivity index (χ4n) is 1.27. The highest BCUT2D eigenvalue weighted by atomic mass is 35.5. The number of likely N-dealkylation sites (N-methyl/N-ethyl adjacent to an activating group) is 1. The number of hydrogen-bond acceptors (Lipinski definition) is 5. The Kier molecular flexibility index (Phi) is 4.92. The quantitative estimate of drug-likeness (QED) is 0.581. The zero-order chi connectivity index (χ0) is 12.1. The van der Waals surface area contributed by atoms with E-state index in [1.165, 1.54) is 0 Å². The molecule has 1 heterocycles. The van der Waals surface area contributed by atoms with Gasteiger partial charge in [-0.05, 0) is 6.92 Å². The van der Waals surface area contributed by atoms with E-state index >= 15 is 0 Å². The van der Waals surface area contributed by atoms with Gasteiger partial charge >= 0.3 is 0 Å². The van der Waals surface area contributed by atoms with E-state index < -0.39 is 0 Å². The zero-order valence-electron chi connectivity index (χ0n) is 9.90. The smallest absolute Gasteiger partial charge is 0.174 e. The van der Waals surface area contributed by atoms with E-state index in [0.717, 1.165) is 5.82 Å². The Balaban J connectivity index is 2.75. The maximum absolute atomic E-state index is 5.86. The van der Waals surface area contributed by atoms with Crippen molar-refractivity contribution in [3.63, 3.8) is 0 Å². The minimum atomic E-state index is -0.293. The summed E-state index contributed by atoms with van der Waals surface area (Å²) in [6.45, 7) is 2.37. The van der Waals surface area contributed by atoms with Crippen LogP contribution in [0.2, 0.25) is 5.15 Å². The monoisotopic (exact) mass is 245 g/mol. The number of halogens is 1. The topological polar surface area (TPSA) is 47.5 Å². The third-order valence-electron chi connectivity index (χ3n) is 2.13. The Hall–Kier alpha value is -0.910. The Morgan fingerprint density at radius 1 is 1.38 bits per heavy atom. The van der Waals surface area contributed by atoms with Gasteiger partial charge in [0.05, 0.1) is 6.54 Å². The highest BCUT2D eigenvalue weighted by Crippen LogP contribution is 2.15. The van der Waals surface area contributed by atoms with Crippen LogP contribution < -0.4 is 4.90 Å². The van der Waals surface area contributed by atoms with Gasteiger partial charge in [-0.1, -0.05) is 11.6 Å². The molecule has 0 atom stereocenters. The van der Waals surface area contributed by atoms with E-state index in [9.17, 15) is 0 Å². The van der Waals surface area contributed by atoms with Gasteiger partial charge in [0.25, 0.3) is 0 Å². The zero-order valence-corrected chi connectivity index (χ0v) is 10.7. The maximum atomic E-state index is 5.86. The van der Waals surface area contributed by atoms with Gasteiger partial charge in [0.1, 0.15) is 16.8 Å². The van der Waals surface area contributed by atoms with Crippen molar-refractivity contribution in [3.05, 3.63) is 17.0 Å². The normalized spacial score (nSPS) is 10.9. The lowest BCUT2D eigenvalue weighted by Crippen LogP contribution is -2.32. The van der Waals surface area contributed by atoms with Crippen molar-refractivity contribution in [2.45, 2.75) is 13.2 Å². The van der Waals surface area contributed by atoms with Crippen molar-refractivity contribution >= 4 is 17.4 Å². The molecular formula is C10H16ClN3O2. The summed E-state index contributed by atoms with van der Waals surface area (Å²) in [7, 11) is 5.09. The molecule has 0 aliphatic carbocycles. The Labute approximate surface area is 100 Å². The van der Waals surface area contributed by atoms with Crippen LogP contribution in [-0.4, -0.2) is 44.1 Å². The molecule has 0 fully saturated rings. The van der Waals surface area contributed by atoms with Gasteiger partial charge in [-0.25, -0.2) is 9.97 Å². The largest absolute Gasteiger partial charge is 0.354 e. The first-order chi connectivity index (χ1) is 7.56. The van der Waals surface area contributed by atoms with E-state index in [-0.39, 0.29) is 6.29 Å². The fraction of sp³-hybridized carbons (Fsp3) is 0.600. The highest BCUT2D eigenvalue weighted by Gasteiger charge is 2.12. The van der Waals surface area contributed by atoms with Crippen LogP contribution in [0, 0.1) is 6.92 Å². The van der Waals surface area contributed by atoms with E-state index in [4.69, 9.17) is 21.1 Å². The summed E-state index contributed by atoms with van der Waals surface area (Å²) >= 11 is 5.86. The predicted octanol–water partition coefficient (Wildman–Crippen LogP) is 1.49. The lowest BCUT2D eigenvalue weighted by molar-refractivity contribution is -0.0944. The summed E-state index contributed by atoms with van der Waals surface area (Å²) in [5.74, 6) is 1.39. The Morgan fingerprint density at radius 2 is 2.00 bits per heavy atom. The number of hydrogen-bond donors (Lipinski definition) is 0. The summed E-state index contributed by atoms with van der Waals surface area (Å²) in [4.78, 5) is 10.2. The van der Waals surface area contributed by atoms with Crippen molar-refractivity contribution in [2.75, 3.05) is 32.7 Å². The van der Waals surface area contributed by atoms with Crippen LogP contribution in [0.5, 0.6) is 0 Å². The second-order valence-electron chi connectivity index (χ2n) is 3.38. The summed E-state index contributed by atoms with van der Waals surface area (Å²) < 4.78 is 10.2. The van der Waals surface area contributed by atoms with Crippen LogP contribution in [0.25, 0.3) is 0 Å². The number of ether oxygens (including phenoxy) is 2. The minimum absolute atomic E-state index is 0.293. The number of methoxy groups -OCH3 is 2. The summed E-state index contributed by atoms with van der Waals surface area (Å²) in [5, 5.41) is 0.431. The predicted molar refractivity (Wildman–Crippen MR) is 62.9 cm³/mol. The van der Waals surface area contributed by atoms with Crippen LogP contribution in [0.15, 0.2) is 6.07 Å². The second-order valence-corrected chi connectivity index (χ2v) is 3.76. The van der Waals surface area contributed by atoms with Crippen LogP contribution in [0.3, 0.4) is 0 Å². The first-order valence-corrected chi connectivity index (χ1v) is 5.22. The van der Waals surface area contributed by atoms with Crippen molar-refractivity contribution in [1.82, 2.24) is 9.97 Å². The van der Waals surface area contributed by atoms with Crippen LogP contribution in [0.1, 0.15) is 5.82 Å². The van der Waals surface area contributed by atoms with Crippen molar-refractivity contribution < 1.29 is 9.47 Å². The van der Waals surface area contributed by atoms with Crippen LogP contribution >= 0.6 is 11.6 Å². The molecule has 0 amide bonds. The summed E-state index contributed by atoms with van der Waals surface area (Å²) in [6.07, 6.45) is -0.293. The molecule has 0 saturated carbocycles. The van der Waals surface area contributed by atoms with Gasteiger partial charge < -0.3 is 14.4 Å². The molecule has 0 aliphatic rings. The molecule has 90 valence electrons. The van der Waals surface area contributed by atoms with Gasteiger partial charge in [-0.15, -0.1) is 0 Å². The Morgan fingerprint density at radius 3 is 2.50 bits per heavy atom. The first-order valence-electron chi connectivity index (χ1n) is 4.84. The summed E-state index contributed by atoms with van der Waals surface area (Å²) in [5.41, 5.74) is 0. The van der Waals surface area contributed by atoms with E-state index in [1.807, 2.05) is 11.9 Å². The highest BCUT2D eigenvalue weighted by molar-refractivity contribution is 6.29. The average molecular weight is 246 g/mol. The molecule has 0 radical (unpaired) electrons. The molecule has 1 rings (SSSR count). The average Bonchev–Trinajstić information content (AvgIpc) is 2.24. The lowest BCUT2D eigenvalue weighted by atomic mass is 10.4. The number of nitrogens with zero attached hydrogens (tertiary/aromatic N) is 3. The molecule has 0 bridgehead atoms. The van der Waals surface area contributed by atoms with Crippen molar-refractivity contribution in [1.29, 1.82) is 0 Å². The first kappa shape index (κ1) is 13.2. The summed E-state index contributed by atoms with van der Waals surface area (Å²) in [6, 6.07) is 1.71. The van der Waals surface area contributed by atoms with Gasteiger partial charge in [0.2, 0.25) is 0 Å². The molecule has 1 aromatic rings. The maximum Gasteiger partial charge on any atom is 0.174 e. The van der Waals surface area contributed by atoms with Gasteiger partial charge in [-0.3, -0.25) is 0 Å². The third kappa shape index (κ3) is 3.59. The second kappa shape index (κ2) is 5.98. The molecule has 0 unspecified atom stereocenters. The van der Waals surface area contributed by atoms with Crippen LogP contribution in [-0.2, 0) is 9.47 Å². The van der Waals surface area contributed by atoms with Crippen molar-refractivity contribution in [2.24, 2.45) is 0 Å². The fourth-order valence-corrected chi connectivity index (χ4v) is 1.49. The molecule has 6 heteroatoms. The molecular weight excluding hydrogens is 230 g/mol. The molecule has 16 heavy (non-hydrogen) atoms. The van der Waals surface area contributed by atoms with Gasteiger partial charge in [0, 0.05) is 27.3 Å². The molecule has 5 nitrogen and oxygen atoms in total. The molecule has 0 aliphatic heterocycles. The number of anilines is 1. The van der Waals surface area contributed by atoms with Crippen molar-refractivity contribution in [3.8, 4) is 0 Å². The van der Waals surface area contributed by atoms with Crippen LogP contribution in [0.4, 0.5) is 5.82 Å². The van der Waals surface area contributed by atoms with E-state index in [1.54, 1.807) is 27.2 Å². The number of aromatic nitrogens is 2. The molecule has 0 N–H and O–H groups in total. The van der Waals surface area contributed by atoms with E-state index in [0.29, 0.717) is 17.5 Å². The van der Waals surface area contributed by atoms with Gasteiger partial charge in [-0.2, -0.15) is 0 Å². The minimum Gasteiger partial charge on any atom is -0.354 e. The van der Waals surface area contributed by atoms with Gasteiger partial charge in [0.15, 0.2) is 6.29 Å². The van der Waals surface area contributed by atoms with E-state index in [2.05, 4.69) is 9.97 Å². The molecule has 0 aromatic carbocycles. The Bertz CT molecular complexity index is 325. The SMILES string of the molecule is COC(CN(C)c1cc(Cl)nc(C)n1)OC. The lowest BCUT2D eigenvalue weighted by Gasteiger charge is -2.23. The third-order valence-corrected chi connectivity index (χ3v) is 2.33. The number of aryl methyl sites for hydroxylation is 1. The molecule has 1 aromatic heterocycles. The number of rotatable bonds is 5.